The maximum absolute atomic E-state index is 12.9. The van der Waals surface area contributed by atoms with E-state index in [4.69, 9.17) is 0 Å². The second kappa shape index (κ2) is 5.30. The van der Waals surface area contributed by atoms with Crippen LogP contribution in [0.25, 0.3) is 6.08 Å². The molecule has 0 saturated carbocycles. The quantitative estimate of drug-likeness (QED) is 0.505. The Balaban J connectivity index is 2.23. The van der Waals surface area contributed by atoms with Crippen LogP contribution in [0.5, 0.6) is 11.5 Å². The number of aromatic hydroxyl groups is 2. The molecule has 0 unspecified atom stereocenters. The first-order valence-electron chi connectivity index (χ1n) is 5.41. The van der Waals surface area contributed by atoms with Crippen LogP contribution in [-0.2, 0) is 0 Å². The van der Waals surface area contributed by atoms with Crippen molar-refractivity contribution in [1.82, 2.24) is 4.98 Å². The first-order valence-corrected chi connectivity index (χ1v) is 5.41. The van der Waals surface area contributed by atoms with Gasteiger partial charge in [-0.25, -0.2) is 4.39 Å². The fourth-order valence-corrected chi connectivity index (χ4v) is 1.48. The van der Waals surface area contributed by atoms with E-state index in [9.17, 15) is 19.4 Å². The first-order chi connectivity index (χ1) is 9.06. The van der Waals surface area contributed by atoms with Crippen LogP contribution in [0.1, 0.15) is 15.9 Å². The van der Waals surface area contributed by atoms with E-state index in [0.717, 1.165) is 12.3 Å². The van der Waals surface area contributed by atoms with Crippen LogP contribution in [0.2, 0.25) is 0 Å². The Morgan fingerprint density at radius 1 is 1.21 bits per heavy atom. The Morgan fingerprint density at radius 2 is 2.00 bits per heavy atom. The van der Waals surface area contributed by atoms with Crippen LogP contribution in [-0.4, -0.2) is 21.0 Å². The molecule has 1 aromatic carbocycles. The minimum Gasteiger partial charge on any atom is -0.508 e. The zero-order valence-electron chi connectivity index (χ0n) is 9.75. The molecule has 0 fully saturated rings. The monoisotopic (exact) mass is 259 g/mol. The lowest BCUT2D eigenvalue weighted by Crippen LogP contribution is -1.96. The van der Waals surface area contributed by atoms with Crippen molar-refractivity contribution < 1.29 is 19.4 Å². The van der Waals surface area contributed by atoms with Crippen LogP contribution in [0.3, 0.4) is 0 Å². The van der Waals surface area contributed by atoms with E-state index in [1.807, 2.05) is 0 Å². The van der Waals surface area contributed by atoms with Gasteiger partial charge in [0.1, 0.15) is 17.3 Å². The summed E-state index contributed by atoms with van der Waals surface area (Å²) < 4.78 is 12.9. The zero-order valence-corrected chi connectivity index (χ0v) is 9.75. The summed E-state index contributed by atoms with van der Waals surface area (Å²) in [4.78, 5) is 15.3. The van der Waals surface area contributed by atoms with Crippen LogP contribution >= 0.6 is 0 Å². The van der Waals surface area contributed by atoms with E-state index in [2.05, 4.69) is 4.98 Å². The summed E-state index contributed by atoms with van der Waals surface area (Å²) in [6.07, 6.45) is 4.76. The second-order valence-corrected chi connectivity index (χ2v) is 3.83. The number of benzene rings is 1. The molecule has 4 nitrogen and oxygen atoms in total. The lowest BCUT2D eigenvalue weighted by Gasteiger charge is -1.99. The molecular weight excluding hydrogens is 249 g/mol. The molecule has 2 aromatic rings. The van der Waals surface area contributed by atoms with Crippen molar-refractivity contribution in [2.45, 2.75) is 0 Å². The van der Waals surface area contributed by atoms with E-state index in [1.165, 1.54) is 36.5 Å². The molecule has 0 aliphatic heterocycles. The van der Waals surface area contributed by atoms with E-state index in [1.54, 1.807) is 0 Å². The second-order valence-electron chi connectivity index (χ2n) is 3.83. The Hall–Kier alpha value is -2.69. The molecule has 0 radical (unpaired) electrons. The predicted molar refractivity (Wildman–Crippen MR) is 67.3 cm³/mol. The highest BCUT2D eigenvalue weighted by molar-refractivity contribution is 6.06. The summed E-state index contributed by atoms with van der Waals surface area (Å²) in [5, 5.41) is 18.8. The molecule has 0 aliphatic rings. The molecule has 0 amide bonds. The molecule has 0 atom stereocenters. The van der Waals surface area contributed by atoms with Crippen molar-refractivity contribution in [2.24, 2.45) is 0 Å². The summed E-state index contributed by atoms with van der Waals surface area (Å²) >= 11 is 0. The minimum atomic E-state index is -0.598. The fourth-order valence-electron chi connectivity index (χ4n) is 1.48. The van der Waals surface area contributed by atoms with Crippen LogP contribution in [0.15, 0.2) is 42.7 Å². The molecule has 2 rings (SSSR count). The van der Waals surface area contributed by atoms with Gasteiger partial charge in [-0.05, 0) is 36.4 Å². The Bertz CT molecular complexity index is 653. The van der Waals surface area contributed by atoms with Gasteiger partial charge in [-0.15, -0.1) is 0 Å². The molecular formula is C14H10FNO3. The largest absolute Gasteiger partial charge is 0.508 e. The number of ketones is 1. The van der Waals surface area contributed by atoms with E-state index < -0.39 is 11.6 Å². The number of hydrogen-bond donors (Lipinski definition) is 2. The molecule has 1 aromatic heterocycles. The summed E-state index contributed by atoms with van der Waals surface area (Å²) in [6.45, 7) is 0. The lowest BCUT2D eigenvalue weighted by atomic mass is 10.1. The third kappa shape index (κ3) is 3.16. The molecule has 96 valence electrons. The molecule has 0 saturated heterocycles. The average molecular weight is 259 g/mol. The summed E-state index contributed by atoms with van der Waals surface area (Å²) in [7, 11) is 0. The van der Waals surface area contributed by atoms with Crippen LogP contribution in [0, 0.1) is 5.82 Å². The number of carbonyl (C=O) groups excluding carboxylic acids is 1. The number of pyridine rings is 1. The van der Waals surface area contributed by atoms with Crippen LogP contribution in [0.4, 0.5) is 4.39 Å². The van der Waals surface area contributed by atoms with Crippen LogP contribution < -0.4 is 0 Å². The number of allylic oxidation sites excluding steroid dienone is 1. The minimum absolute atomic E-state index is 0.0303. The molecule has 2 N–H and O–H groups in total. The van der Waals surface area contributed by atoms with Gasteiger partial charge in [0.25, 0.3) is 0 Å². The van der Waals surface area contributed by atoms with Gasteiger partial charge in [-0.1, -0.05) is 0 Å². The predicted octanol–water partition coefficient (Wildman–Crippen LogP) is 2.53. The van der Waals surface area contributed by atoms with Crippen molar-refractivity contribution in [1.29, 1.82) is 0 Å². The molecule has 0 spiro atoms. The van der Waals surface area contributed by atoms with E-state index in [0.29, 0.717) is 0 Å². The highest BCUT2D eigenvalue weighted by atomic mass is 19.1. The van der Waals surface area contributed by atoms with E-state index in [-0.39, 0.29) is 22.6 Å². The number of rotatable bonds is 3. The van der Waals surface area contributed by atoms with Crippen molar-refractivity contribution in [3.63, 3.8) is 0 Å². The van der Waals surface area contributed by atoms with Gasteiger partial charge in [-0.2, -0.15) is 0 Å². The normalized spacial score (nSPS) is 10.8. The summed E-state index contributed by atoms with van der Waals surface area (Å²) in [6, 6.07) is 5.01. The summed E-state index contributed by atoms with van der Waals surface area (Å²) in [5.74, 6) is -1.15. The number of halogens is 1. The van der Waals surface area contributed by atoms with Crippen molar-refractivity contribution in [3.05, 3.63) is 59.7 Å². The Morgan fingerprint density at radius 3 is 2.74 bits per heavy atom. The molecule has 19 heavy (non-hydrogen) atoms. The molecule has 0 bridgehead atoms. The maximum Gasteiger partial charge on any atom is 0.187 e. The number of phenols is 2. The molecule has 1 heterocycles. The highest BCUT2D eigenvalue weighted by Crippen LogP contribution is 2.23. The third-order valence-electron chi connectivity index (χ3n) is 2.41. The number of nitrogens with zero attached hydrogens (tertiary/aromatic N) is 1. The Kier molecular flexibility index (Phi) is 3.56. The lowest BCUT2D eigenvalue weighted by molar-refractivity contribution is 0.104. The van der Waals surface area contributed by atoms with Gasteiger partial charge in [0.15, 0.2) is 5.78 Å². The van der Waals surface area contributed by atoms with Gasteiger partial charge < -0.3 is 10.2 Å². The maximum atomic E-state index is 12.9. The standard InChI is InChI=1S/C14H10FNO3/c15-11-5-10(7-16-8-11)14(19)3-1-9-6-12(17)2-4-13(9)18/h1-8,17-18H/b3-1+. The number of aromatic nitrogens is 1. The van der Waals surface area contributed by atoms with Gasteiger partial charge >= 0.3 is 0 Å². The Labute approximate surface area is 108 Å². The number of phenolic OH excluding ortho intramolecular Hbond substituents is 2. The van der Waals surface area contributed by atoms with Crippen molar-refractivity contribution in [2.75, 3.05) is 0 Å². The summed E-state index contributed by atoms with van der Waals surface area (Å²) in [5.41, 5.74) is 0.397. The average Bonchev–Trinajstić information content (AvgIpc) is 2.39. The topological polar surface area (TPSA) is 70.4 Å². The SMILES string of the molecule is O=C(/C=C/c1cc(O)ccc1O)c1cncc(F)c1. The highest BCUT2D eigenvalue weighted by Gasteiger charge is 2.04. The van der Waals surface area contributed by atoms with Gasteiger partial charge in [0.05, 0.1) is 6.20 Å². The fraction of sp³-hybridized carbons (Fsp3) is 0. The molecule has 0 aliphatic carbocycles. The van der Waals surface area contributed by atoms with Crippen molar-refractivity contribution in [3.8, 4) is 11.5 Å². The van der Waals surface area contributed by atoms with Gasteiger partial charge in [0.2, 0.25) is 0 Å². The van der Waals surface area contributed by atoms with E-state index >= 15 is 0 Å². The first kappa shape index (κ1) is 12.8. The zero-order chi connectivity index (χ0) is 13.8. The van der Waals surface area contributed by atoms with Crippen molar-refractivity contribution >= 4 is 11.9 Å². The number of hydrogen-bond acceptors (Lipinski definition) is 4. The third-order valence-corrected chi connectivity index (χ3v) is 2.41. The number of carbonyl (C=O) groups is 1. The molecule has 5 heteroatoms. The van der Waals surface area contributed by atoms with Gasteiger partial charge in [0, 0.05) is 17.3 Å². The van der Waals surface area contributed by atoms with Gasteiger partial charge in [-0.3, -0.25) is 9.78 Å². The smallest absolute Gasteiger partial charge is 0.187 e.